The van der Waals surface area contributed by atoms with Gasteiger partial charge in [0.1, 0.15) is 12.4 Å². The number of carbonyl (C=O) groups excluding carboxylic acids is 1. The normalized spacial score (nSPS) is 29.4. The summed E-state index contributed by atoms with van der Waals surface area (Å²) >= 11 is 0. The molecular weight excluding hydrogens is 342 g/mol. The molecule has 2 heterocycles. The summed E-state index contributed by atoms with van der Waals surface area (Å²) in [7, 11) is 0. The lowest BCUT2D eigenvalue weighted by Crippen LogP contribution is -2.44. The molecule has 1 aromatic rings. The molecule has 0 N–H and O–H groups in total. The Hall–Kier alpha value is -1.85. The van der Waals surface area contributed by atoms with Gasteiger partial charge in [-0.3, -0.25) is 9.69 Å². The number of hydrogen-bond donors (Lipinski definition) is 0. The number of nitrogens with zero attached hydrogens (tertiary/aromatic N) is 1. The van der Waals surface area contributed by atoms with Crippen molar-refractivity contribution in [3.63, 3.8) is 0 Å². The van der Waals surface area contributed by atoms with E-state index in [0.717, 1.165) is 56.9 Å². The van der Waals surface area contributed by atoms with Crippen LogP contribution in [0.2, 0.25) is 0 Å². The number of morpholine rings is 1. The molecule has 2 saturated heterocycles. The van der Waals surface area contributed by atoms with Crippen LogP contribution < -0.4 is 4.74 Å². The van der Waals surface area contributed by atoms with Crippen molar-refractivity contribution >= 4 is 5.97 Å². The van der Waals surface area contributed by atoms with Gasteiger partial charge < -0.3 is 14.2 Å². The van der Waals surface area contributed by atoms with Crippen molar-refractivity contribution in [2.45, 2.75) is 32.2 Å². The van der Waals surface area contributed by atoms with Gasteiger partial charge in [-0.2, -0.15) is 0 Å². The molecular formula is C22H29NO4. The molecule has 2 aliphatic heterocycles. The van der Waals surface area contributed by atoms with Crippen LogP contribution in [0, 0.1) is 11.3 Å². The molecule has 0 aromatic heterocycles. The molecule has 3 unspecified atom stereocenters. The fourth-order valence-electron chi connectivity index (χ4n) is 4.67. The first kappa shape index (κ1) is 18.5. The van der Waals surface area contributed by atoms with Gasteiger partial charge in [0.05, 0.1) is 25.2 Å². The molecule has 27 heavy (non-hydrogen) atoms. The van der Waals surface area contributed by atoms with Crippen molar-refractivity contribution < 1.29 is 19.0 Å². The molecule has 0 amide bonds. The van der Waals surface area contributed by atoms with Crippen LogP contribution in [0.1, 0.15) is 25.3 Å². The van der Waals surface area contributed by atoms with E-state index in [1.807, 2.05) is 12.1 Å². The van der Waals surface area contributed by atoms with Gasteiger partial charge in [0.2, 0.25) is 0 Å². The van der Waals surface area contributed by atoms with Crippen LogP contribution in [0.25, 0.3) is 0 Å². The number of cyclic esters (lactones) is 1. The van der Waals surface area contributed by atoms with Gasteiger partial charge in [0.25, 0.3) is 0 Å². The van der Waals surface area contributed by atoms with Crippen molar-refractivity contribution in [3.05, 3.63) is 42.0 Å². The number of ether oxygens (including phenoxy) is 3. The zero-order valence-electron chi connectivity index (χ0n) is 16.1. The Morgan fingerprint density at radius 1 is 1.30 bits per heavy atom. The fourth-order valence-corrected chi connectivity index (χ4v) is 4.67. The third kappa shape index (κ3) is 3.76. The Kier molecular flexibility index (Phi) is 5.24. The molecule has 0 spiro atoms. The lowest BCUT2D eigenvalue weighted by atomic mass is 9.75. The number of hydrogen-bond acceptors (Lipinski definition) is 5. The largest absolute Gasteiger partial charge is 0.492 e. The fraction of sp³-hybridized carbons (Fsp3) is 0.591. The lowest BCUT2D eigenvalue weighted by Gasteiger charge is -2.32. The SMILES string of the molecule is C=C1CC2COC(=O)C2(Cc2ccc(OCC(C)N3CCOCC3)cc2)C1. The van der Waals surface area contributed by atoms with E-state index in [9.17, 15) is 4.79 Å². The van der Waals surface area contributed by atoms with Crippen LogP contribution in [0.4, 0.5) is 0 Å². The zero-order valence-corrected chi connectivity index (χ0v) is 16.1. The first-order valence-electron chi connectivity index (χ1n) is 9.94. The van der Waals surface area contributed by atoms with Gasteiger partial charge in [0.15, 0.2) is 0 Å². The average molecular weight is 371 g/mol. The number of esters is 1. The quantitative estimate of drug-likeness (QED) is 0.568. The molecule has 5 heteroatoms. The third-order valence-electron chi connectivity index (χ3n) is 6.31. The summed E-state index contributed by atoms with van der Waals surface area (Å²) in [5, 5.41) is 0. The van der Waals surface area contributed by atoms with Gasteiger partial charge in [-0.1, -0.05) is 24.3 Å². The van der Waals surface area contributed by atoms with Crippen LogP contribution in [-0.4, -0.2) is 56.4 Å². The van der Waals surface area contributed by atoms with E-state index >= 15 is 0 Å². The topological polar surface area (TPSA) is 48.0 Å². The molecule has 5 nitrogen and oxygen atoms in total. The maximum absolute atomic E-state index is 12.4. The molecule has 3 atom stereocenters. The van der Waals surface area contributed by atoms with E-state index in [-0.39, 0.29) is 11.9 Å². The second-order valence-corrected chi connectivity index (χ2v) is 8.21. The summed E-state index contributed by atoms with van der Waals surface area (Å²) in [5.74, 6) is 1.10. The number of fused-ring (bicyclic) bond motifs is 1. The van der Waals surface area contributed by atoms with Crippen LogP contribution in [0.5, 0.6) is 5.75 Å². The van der Waals surface area contributed by atoms with E-state index in [1.165, 1.54) is 5.57 Å². The van der Waals surface area contributed by atoms with Crippen LogP contribution in [0.15, 0.2) is 36.4 Å². The summed E-state index contributed by atoms with van der Waals surface area (Å²) in [6, 6.07) is 8.54. The molecule has 4 rings (SSSR count). The second-order valence-electron chi connectivity index (χ2n) is 8.21. The first-order valence-corrected chi connectivity index (χ1v) is 9.94. The zero-order chi connectivity index (χ0) is 18.9. The maximum atomic E-state index is 12.4. The highest BCUT2D eigenvalue weighted by Gasteiger charge is 2.55. The van der Waals surface area contributed by atoms with Gasteiger partial charge in [-0.15, -0.1) is 0 Å². The van der Waals surface area contributed by atoms with Gasteiger partial charge in [-0.05, 0) is 43.9 Å². The monoisotopic (exact) mass is 371 g/mol. The van der Waals surface area contributed by atoms with Crippen LogP contribution in [0.3, 0.4) is 0 Å². The molecule has 0 radical (unpaired) electrons. The summed E-state index contributed by atoms with van der Waals surface area (Å²) < 4.78 is 16.8. The highest BCUT2D eigenvalue weighted by Crippen LogP contribution is 2.52. The van der Waals surface area contributed by atoms with E-state index in [2.05, 4.69) is 30.5 Å². The predicted molar refractivity (Wildman–Crippen MR) is 103 cm³/mol. The van der Waals surface area contributed by atoms with E-state index in [0.29, 0.717) is 19.3 Å². The Labute approximate surface area is 161 Å². The Morgan fingerprint density at radius 3 is 2.78 bits per heavy atom. The standard InChI is InChI=1S/C22H29NO4/c1-16-11-19-15-27-21(24)22(19,12-16)13-18-3-5-20(6-4-18)26-14-17(2)23-7-9-25-10-8-23/h3-6,17,19H,1,7-15H2,2H3. The molecule has 3 aliphatic rings. The Morgan fingerprint density at radius 2 is 2.04 bits per heavy atom. The van der Waals surface area contributed by atoms with Crippen molar-refractivity contribution in [2.75, 3.05) is 39.5 Å². The van der Waals surface area contributed by atoms with E-state index in [4.69, 9.17) is 14.2 Å². The highest BCUT2D eigenvalue weighted by atomic mass is 16.5. The van der Waals surface area contributed by atoms with Gasteiger partial charge in [-0.25, -0.2) is 0 Å². The van der Waals surface area contributed by atoms with Crippen molar-refractivity contribution in [3.8, 4) is 5.75 Å². The average Bonchev–Trinajstić information content (AvgIpc) is 3.16. The molecule has 1 aliphatic carbocycles. The summed E-state index contributed by atoms with van der Waals surface area (Å²) in [4.78, 5) is 14.8. The summed E-state index contributed by atoms with van der Waals surface area (Å²) in [6.45, 7) is 11.0. The van der Waals surface area contributed by atoms with Crippen molar-refractivity contribution in [2.24, 2.45) is 11.3 Å². The molecule has 146 valence electrons. The molecule has 3 fully saturated rings. The Bertz CT molecular complexity index is 695. The van der Waals surface area contributed by atoms with Crippen molar-refractivity contribution in [1.29, 1.82) is 0 Å². The second kappa shape index (κ2) is 7.64. The van der Waals surface area contributed by atoms with Crippen molar-refractivity contribution in [1.82, 2.24) is 4.90 Å². The van der Waals surface area contributed by atoms with E-state index in [1.54, 1.807) is 0 Å². The number of allylic oxidation sites excluding steroid dienone is 1. The number of benzene rings is 1. The summed E-state index contributed by atoms with van der Waals surface area (Å²) in [5.41, 5.74) is 1.93. The molecule has 0 bridgehead atoms. The van der Waals surface area contributed by atoms with E-state index < -0.39 is 5.41 Å². The predicted octanol–water partition coefficient (Wildman–Crippen LogP) is 2.84. The number of rotatable bonds is 6. The minimum absolute atomic E-state index is 0.0502. The number of carbonyl (C=O) groups is 1. The first-order chi connectivity index (χ1) is 13.1. The minimum atomic E-state index is -0.399. The molecule has 1 saturated carbocycles. The Balaban J connectivity index is 1.35. The maximum Gasteiger partial charge on any atom is 0.313 e. The smallest absolute Gasteiger partial charge is 0.313 e. The third-order valence-corrected chi connectivity index (χ3v) is 6.31. The van der Waals surface area contributed by atoms with Gasteiger partial charge >= 0.3 is 5.97 Å². The van der Waals surface area contributed by atoms with Crippen LogP contribution in [-0.2, 0) is 20.7 Å². The highest BCUT2D eigenvalue weighted by molar-refractivity contribution is 5.81. The lowest BCUT2D eigenvalue weighted by molar-refractivity contribution is -0.146. The summed E-state index contributed by atoms with van der Waals surface area (Å²) in [6.07, 6.45) is 2.39. The molecule has 1 aromatic carbocycles. The van der Waals surface area contributed by atoms with Crippen LogP contribution >= 0.6 is 0 Å². The minimum Gasteiger partial charge on any atom is -0.492 e. The van der Waals surface area contributed by atoms with Gasteiger partial charge in [0, 0.05) is 25.0 Å².